The number of benzene rings is 1. The number of nitrogens with zero attached hydrogens (tertiary/aromatic N) is 2. The zero-order chi connectivity index (χ0) is 25.7. The van der Waals surface area contributed by atoms with E-state index in [9.17, 15) is 18.0 Å². The Morgan fingerprint density at radius 1 is 1.28 bits per heavy atom. The molecule has 1 aromatic carbocycles. The number of ether oxygens (including phenoxy) is 1. The van der Waals surface area contributed by atoms with E-state index >= 15 is 0 Å². The molecule has 2 aliphatic heterocycles. The van der Waals surface area contributed by atoms with Crippen molar-refractivity contribution in [2.24, 2.45) is 11.8 Å². The molecule has 1 unspecified atom stereocenters. The number of aromatic nitrogens is 2. The minimum Gasteiger partial charge on any atom is -0.466 e. The molecule has 2 atom stereocenters. The Hall–Kier alpha value is -2.92. The average molecular weight is 518 g/mol. The molecule has 4 rings (SSSR count). The molecule has 0 aliphatic carbocycles. The van der Waals surface area contributed by atoms with Gasteiger partial charge >= 0.3 is 5.97 Å². The van der Waals surface area contributed by atoms with E-state index in [1.54, 1.807) is 23.2 Å². The number of imidazole rings is 1. The highest BCUT2D eigenvalue weighted by Gasteiger charge is 2.33. The van der Waals surface area contributed by atoms with Crippen LogP contribution in [0.1, 0.15) is 44.4 Å². The molecule has 1 saturated heterocycles. The molecule has 1 amide bonds. The lowest BCUT2D eigenvalue weighted by molar-refractivity contribution is -0.141. The maximum atomic E-state index is 13.6. The summed E-state index contributed by atoms with van der Waals surface area (Å²) in [6.45, 7) is 5.65. The Morgan fingerprint density at radius 2 is 2.06 bits per heavy atom. The summed E-state index contributed by atoms with van der Waals surface area (Å²) in [7, 11) is -3.98. The van der Waals surface area contributed by atoms with Crippen LogP contribution in [0.2, 0.25) is 0 Å². The van der Waals surface area contributed by atoms with Gasteiger partial charge in [0, 0.05) is 44.9 Å². The first-order valence-corrected chi connectivity index (χ1v) is 14.0. The maximum absolute atomic E-state index is 13.6. The number of carbonyl (C=O) groups excluding carboxylic acids is 2. The monoisotopic (exact) mass is 517 g/mol. The minimum absolute atomic E-state index is 0.165. The molecule has 0 spiro atoms. The van der Waals surface area contributed by atoms with Gasteiger partial charge in [-0.05, 0) is 49.1 Å². The predicted molar refractivity (Wildman–Crippen MR) is 135 cm³/mol. The topological polar surface area (TPSA) is 133 Å². The number of H-pyrrole nitrogens is 1. The number of anilines is 1. The third kappa shape index (κ3) is 6.44. The first-order valence-electron chi connectivity index (χ1n) is 12.5. The Kier molecular flexibility index (Phi) is 8.30. The fourth-order valence-corrected chi connectivity index (χ4v) is 6.39. The Balaban J connectivity index is 1.48. The van der Waals surface area contributed by atoms with Crippen LogP contribution in [0.3, 0.4) is 0 Å². The van der Waals surface area contributed by atoms with Crippen molar-refractivity contribution >= 4 is 27.6 Å². The minimum atomic E-state index is -3.98. The number of aromatic amines is 1. The smallest absolute Gasteiger partial charge is 0.302 e. The fraction of sp³-hybridized carbons (Fsp3) is 0.560. The molecule has 11 heteroatoms. The van der Waals surface area contributed by atoms with E-state index in [2.05, 4.69) is 26.9 Å². The number of para-hydroxylation sites is 1. The van der Waals surface area contributed by atoms with Crippen LogP contribution in [0.4, 0.5) is 5.69 Å². The SMILES string of the molecule is CC(=O)OCCC1CCN(C(=O)[C@H](Cc2cnc[nH]2)NS(=O)(=O)c2cccc3c2NCC(C)C3)CC1. The molecule has 2 aromatic rings. The highest BCUT2D eigenvalue weighted by atomic mass is 32.2. The van der Waals surface area contributed by atoms with E-state index in [0.717, 1.165) is 31.2 Å². The standard InChI is InChI=1S/C25H35N5O5S/c1-17-12-20-4-3-5-23(24(20)27-14-17)36(33,34)29-22(13-21-15-26-16-28-21)25(32)30-9-6-19(7-10-30)8-11-35-18(2)31/h3-5,15-17,19,22,27,29H,6-14H2,1-2H3,(H,26,28)/t17?,22-/m0/s1. The zero-order valence-corrected chi connectivity index (χ0v) is 21.6. The van der Waals surface area contributed by atoms with Crippen LogP contribution >= 0.6 is 0 Å². The lowest BCUT2D eigenvalue weighted by Crippen LogP contribution is -2.51. The number of fused-ring (bicyclic) bond motifs is 1. The summed E-state index contributed by atoms with van der Waals surface area (Å²) in [6, 6.07) is 4.30. The number of nitrogens with one attached hydrogen (secondary N) is 3. The van der Waals surface area contributed by atoms with Crippen molar-refractivity contribution in [1.82, 2.24) is 19.6 Å². The molecule has 36 heavy (non-hydrogen) atoms. The van der Waals surface area contributed by atoms with E-state index in [0.29, 0.717) is 49.5 Å². The average Bonchev–Trinajstić information content (AvgIpc) is 3.36. The summed E-state index contributed by atoms with van der Waals surface area (Å²) >= 11 is 0. The summed E-state index contributed by atoms with van der Waals surface area (Å²) in [5.41, 5.74) is 2.25. The third-order valence-electron chi connectivity index (χ3n) is 6.93. The number of amides is 1. The van der Waals surface area contributed by atoms with Gasteiger partial charge in [0.05, 0.1) is 18.6 Å². The molecule has 3 N–H and O–H groups in total. The van der Waals surface area contributed by atoms with Gasteiger partial charge in [0.2, 0.25) is 15.9 Å². The fourth-order valence-electron chi connectivity index (χ4n) is 4.97. The van der Waals surface area contributed by atoms with Gasteiger partial charge < -0.3 is 19.9 Å². The number of likely N-dealkylation sites (tertiary alicyclic amines) is 1. The Labute approximate surface area is 212 Å². The van der Waals surface area contributed by atoms with Crippen molar-refractivity contribution in [3.8, 4) is 0 Å². The summed E-state index contributed by atoms with van der Waals surface area (Å²) < 4.78 is 34.8. The van der Waals surface area contributed by atoms with Gasteiger partial charge in [-0.3, -0.25) is 9.59 Å². The number of sulfonamides is 1. The van der Waals surface area contributed by atoms with Gasteiger partial charge in [-0.1, -0.05) is 19.1 Å². The molecule has 0 radical (unpaired) electrons. The number of carbonyl (C=O) groups is 2. The highest BCUT2D eigenvalue weighted by molar-refractivity contribution is 7.89. The summed E-state index contributed by atoms with van der Waals surface area (Å²) in [4.78, 5) is 33.4. The second-order valence-electron chi connectivity index (χ2n) is 9.83. The van der Waals surface area contributed by atoms with Crippen molar-refractivity contribution in [2.75, 3.05) is 31.6 Å². The number of hydrogen-bond acceptors (Lipinski definition) is 7. The summed E-state index contributed by atoms with van der Waals surface area (Å²) in [5, 5.41) is 3.27. The first kappa shape index (κ1) is 26.2. The van der Waals surface area contributed by atoms with Crippen LogP contribution in [0.5, 0.6) is 0 Å². The molecule has 2 aliphatic rings. The van der Waals surface area contributed by atoms with Crippen LogP contribution in [0.15, 0.2) is 35.6 Å². The van der Waals surface area contributed by atoms with Gasteiger partial charge in [-0.25, -0.2) is 13.4 Å². The quantitative estimate of drug-likeness (QED) is 0.434. The molecule has 0 saturated carbocycles. The Morgan fingerprint density at radius 3 is 2.75 bits per heavy atom. The van der Waals surface area contributed by atoms with Gasteiger partial charge in [0.15, 0.2) is 0 Å². The van der Waals surface area contributed by atoms with Crippen molar-refractivity contribution in [3.05, 3.63) is 42.0 Å². The van der Waals surface area contributed by atoms with Crippen LogP contribution in [-0.4, -0.2) is 67.4 Å². The molecule has 196 valence electrons. The number of piperidine rings is 1. The molecule has 10 nitrogen and oxygen atoms in total. The van der Waals surface area contributed by atoms with E-state index in [1.807, 2.05) is 6.07 Å². The van der Waals surface area contributed by atoms with Crippen LogP contribution in [0, 0.1) is 11.8 Å². The predicted octanol–water partition coefficient (Wildman–Crippen LogP) is 2.10. The van der Waals surface area contributed by atoms with Crippen molar-refractivity contribution < 1.29 is 22.7 Å². The molecule has 3 heterocycles. The van der Waals surface area contributed by atoms with E-state index < -0.39 is 16.1 Å². The van der Waals surface area contributed by atoms with E-state index in [-0.39, 0.29) is 23.2 Å². The van der Waals surface area contributed by atoms with Gasteiger partial charge in [0.1, 0.15) is 10.9 Å². The van der Waals surface area contributed by atoms with Crippen molar-refractivity contribution in [2.45, 2.75) is 56.9 Å². The number of esters is 1. The lowest BCUT2D eigenvalue weighted by Gasteiger charge is -2.34. The van der Waals surface area contributed by atoms with Gasteiger partial charge in [0.25, 0.3) is 0 Å². The second-order valence-corrected chi connectivity index (χ2v) is 11.5. The third-order valence-corrected chi connectivity index (χ3v) is 8.44. The molecule has 0 bridgehead atoms. The van der Waals surface area contributed by atoms with Gasteiger partial charge in [-0.2, -0.15) is 4.72 Å². The lowest BCUT2D eigenvalue weighted by atomic mass is 9.93. The summed E-state index contributed by atoms with van der Waals surface area (Å²) in [6.07, 6.45) is 6.41. The zero-order valence-electron chi connectivity index (χ0n) is 20.8. The molecule has 1 fully saturated rings. The first-order chi connectivity index (χ1) is 17.2. The largest absolute Gasteiger partial charge is 0.466 e. The maximum Gasteiger partial charge on any atom is 0.302 e. The van der Waals surface area contributed by atoms with Crippen LogP contribution in [0.25, 0.3) is 0 Å². The number of rotatable bonds is 9. The second kappa shape index (κ2) is 11.4. The van der Waals surface area contributed by atoms with E-state index in [4.69, 9.17) is 4.74 Å². The highest BCUT2D eigenvalue weighted by Crippen LogP contribution is 2.31. The summed E-state index contributed by atoms with van der Waals surface area (Å²) in [5.74, 6) is 0.231. The van der Waals surface area contributed by atoms with Crippen molar-refractivity contribution in [3.63, 3.8) is 0 Å². The van der Waals surface area contributed by atoms with Gasteiger partial charge in [-0.15, -0.1) is 0 Å². The van der Waals surface area contributed by atoms with Crippen LogP contribution in [-0.2, 0) is 37.2 Å². The normalized spacial score (nSPS) is 19.3. The van der Waals surface area contributed by atoms with Crippen LogP contribution < -0.4 is 10.0 Å². The van der Waals surface area contributed by atoms with Crippen molar-refractivity contribution in [1.29, 1.82) is 0 Å². The molecular weight excluding hydrogens is 482 g/mol. The molecular formula is C25H35N5O5S. The van der Waals surface area contributed by atoms with E-state index in [1.165, 1.54) is 13.3 Å². The number of hydrogen-bond donors (Lipinski definition) is 3. The molecule has 1 aromatic heterocycles. The Bertz CT molecular complexity index is 1160.